The first-order valence-corrected chi connectivity index (χ1v) is 12.8. The van der Waals surface area contributed by atoms with E-state index in [4.69, 9.17) is 14.5 Å². The van der Waals surface area contributed by atoms with Crippen LogP contribution in [0.15, 0.2) is 48.3 Å². The third-order valence-electron chi connectivity index (χ3n) is 6.85. The van der Waals surface area contributed by atoms with E-state index in [1.807, 2.05) is 36.1 Å². The van der Waals surface area contributed by atoms with Crippen LogP contribution in [0, 0.1) is 5.92 Å². The molecule has 1 aromatic heterocycles. The van der Waals surface area contributed by atoms with Crippen LogP contribution in [-0.2, 0) is 27.1 Å². The second-order valence-corrected chi connectivity index (χ2v) is 9.82. The van der Waals surface area contributed by atoms with Crippen LogP contribution in [0.25, 0.3) is 0 Å². The number of allylic oxidation sites excluding steroid dienone is 4. The highest BCUT2D eigenvalue weighted by Crippen LogP contribution is 2.32. The molecule has 0 aromatic carbocycles. The van der Waals surface area contributed by atoms with Crippen LogP contribution in [0.3, 0.4) is 0 Å². The molecule has 0 spiro atoms. The van der Waals surface area contributed by atoms with Crippen molar-refractivity contribution in [3.05, 3.63) is 59.5 Å². The van der Waals surface area contributed by atoms with Crippen molar-refractivity contribution in [3.8, 4) is 0 Å². The van der Waals surface area contributed by atoms with Gasteiger partial charge in [0.15, 0.2) is 0 Å². The topological polar surface area (TPSA) is 83.9 Å². The number of anilines is 1. The lowest BCUT2D eigenvalue weighted by atomic mass is 9.95. The Bertz CT molecular complexity index is 964. The monoisotopic (exact) mass is 501 g/mol. The number of aryl methyl sites for hydroxylation is 2. The number of hydrogen-bond acceptors (Lipinski definition) is 6. The number of alkyl halides is 1. The van der Waals surface area contributed by atoms with Crippen molar-refractivity contribution in [2.24, 2.45) is 5.92 Å². The van der Waals surface area contributed by atoms with Gasteiger partial charge in [0.05, 0.1) is 18.8 Å². The number of fused-ring (bicyclic) bond motifs is 1. The zero-order chi connectivity index (χ0) is 26.0. The van der Waals surface area contributed by atoms with Gasteiger partial charge in [-0.2, -0.15) is 0 Å². The Labute approximate surface area is 214 Å². The molecule has 0 bridgehead atoms. The first-order chi connectivity index (χ1) is 17.3. The van der Waals surface area contributed by atoms with E-state index in [1.54, 1.807) is 7.11 Å². The number of aromatic nitrogens is 1. The Morgan fingerprint density at radius 1 is 1.42 bits per heavy atom. The van der Waals surface area contributed by atoms with Crippen molar-refractivity contribution in [1.29, 1.82) is 0 Å². The summed E-state index contributed by atoms with van der Waals surface area (Å²) < 4.78 is 26.1. The first-order valence-electron chi connectivity index (χ1n) is 12.8. The minimum Gasteiger partial charge on any atom is -0.496 e. The smallest absolute Gasteiger partial charge is 0.304 e. The number of halogens is 1. The predicted molar refractivity (Wildman–Crippen MR) is 140 cm³/mol. The summed E-state index contributed by atoms with van der Waals surface area (Å²) in [5, 5.41) is 12.8. The molecular weight excluding hydrogens is 461 g/mol. The average molecular weight is 502 g/mol. The fourth-order valence-corrected chi connectivity index (χ4v) is 4.75. The van der Waals surface area contributed by atoms with Gasteiger partial charge in [-0.3, -0.25) is 9.69 Å². The quantitative estimate of drug-likeness (QED) is 0.220. The summed E-state index contributed by atoms with van der Waals surface area (Å²) in [6, 6.07) is 4.12. The molecule has 2 aliphatic heterocycles. The number of nitrogens with one attached hydrogen (secondary N) is 1. The summed E-state index contributed by atoms with van der Waals surface area (Å²) in [5.41, 5.74) is 1.56. The molecule has 2 aliphatic rings. The molecule has 0 aliphatic carbocycles. The Kier molecular flexibility index (Phi) is 10.5. The lowest BCUT2D eigenvalue weighted by Crippen LogP contribution is -2.33. The second-order valence-electron chi connectivity index (χ2n) is 9.82. The van der Waals surface area contributed by atoms with Crippen LogP contribution in [-0.4, -0.2) is 73.1 Å². The van der Waals surface area contributed by atoms with E-state index in [0.29, 0.717) is 57.7 Å². The van der Waals surface area contributed by atoms with Gasteiger partial charge in [0, 0.05) is 44.9 Å². The van der Waals surface area contributed by atoms with Gasteiger partial charge in [-0.25, -0.2) is 9.37 Å². The summed E-state index contributed by atoms with van der Waals surface area (Å²) in [6.45, 7) is 9.22. The van der Waals surface area contributed by atoms with Gasteiger partial charge in [0.1, 0.15) is 18.1 Å². The first kappa shape index (κ1) is 27.9. The highest BCUT2D eigenvalue weighted by atomic mass is 19.1. The third-order valence-corrected chi connectivity index (χ3v) is 6.85. The molecule has 1 aromatic rings. The number of carbonyl (C=O) groups is 1. The lowest BCUT2D eigenvalue weighted by Gasteiger charge is -2.25. The van der Waals surface area contributed by atoms with Crippen LogP contribution in [0.2, 0.25) is 0 Å². The molecule has 0 saturated carbocycles. The standard InChI is InChI=1S/C28H40FN3O4/c1-21(6-4-7-22(2)36-17-16-35-3)24(18-26(33)34)19-32-15-13-28(29,20-32)12-11-25-10-9-23-8-5-14-30-27(23)31-25/h4,6-7,9-10,24H,1,5,8,11-20H2,2-3H3,(H,30,31)(H,33,34)/b6-4-,22-7+/t24-,28+/m0/s1. The SMILES string of the molecule is C=C(/C=C\C=C(/C)OCCOC)[C@@H](CC(=O)O)CN1CC[C@](F)(CCc2ccc3c(n2)NCCC3)C1. The Morgan fingerprint density at radius 2 is 2.25 bits per heavy atom. The molecule has 1 saturated heterocycles. The van der Waals surface area contributed by atoms with Gasteiger partial charge in [-0.05, 0) is 56.7 Å². The average Bonchev–Trinajstić information content (AvgIpc) is 3.22. The van der Waals surface area contributed by atoms with Gasteiger partial charge < -0.3 is 19.9 Å². The van der Waals surface area contributed by atoms with Gasteiger partial charge >= 0.3 is 5.97 Å². The molecule has 0 unspecified atom stereocenters. The van der Waals surface area contributed by atoms with E-state index in [9.17, 15) is 9.90 Å². The maximum absolute atomic E-state index is 15.7. The molecule has 0 radical (unpaired) electrons. The van der Waals surface area contributed by atoms with Gasteiger partial charge in [0.25, 0.3) is 0 Å². The van der Waals surface area contributed by atoms with Gasteiger partial charge in [-0.1, -0.05) is 30.4 Å². The van der Waals surface area contributed by atoms with E-state index in [0.717, 1.165) is 36.7 Å². The van der Waals surface area contributed by atoms with E-state index in [-0.39, 0.29) is 12.3 Å². The molecule has 198 valence electrons. The normalized spacial score (nSPS) is 21.2. The summed E-state index contributed by atoms with van der Waals surface area (Å²) in [6.07, 6.45) is 8.98. The summed E-state index contributed by atoms with van der Waals surface area (Å²) >= 11 is 0. The number of rotatable bonds is 14. The fourth-order valence-electron chi connectivity index (χ4n) is 4.75. The number of aliphatic carboxylic acids is 1. The van der Waals surface area contributed by atoms with Crippen LogP contribution in [0.1, 0.15) is 43.9 Å². The molecule has 8 heteroatoms. The number of methoxy groups -OCH3 is 1. The van der Waals surface area contributed by atoms with Crippen LogP contribution in [0.4, 0.5) is 10.2 Å². The van der Waals surface area contributed by atoms with Crippen molar-refractivity contribution in [2.45, 2.75) is 51.1 Å². The zero-order valence-corrected chi connectivity index (χ0v) is 21.6. The minimum absolute atomic E-state index is 0.0436. The summed E-state index contributed by atoms with van der Waals surface area (Å²) in [4.78, 5) is 18.2. The highest BCUT2D eigenvalue weighted by Gasteiger charge is 2.38. The highest BCUT2D eigenvalue weighted by molar-refractivity contribution is 5.67. The van der Waals surface area contributed by atoms with E-state index in [2.05, 4.69) is 18.0 Å². The Morgan fingerprint density at radius 3 is 3.03 bits per heavy atom. The fraction of sp³-hybridized carbons (Fsp3) is 0.571. The number of hydrogen-bond donors (Lipinski definition) is 2. The Hall–Kier alpha value is -2.71. The number of nitrogens with zero attached hydrogens (tertiary/aromatic N) is 2. The Balaban J connectivity index is 1.52. The van der Waals surface area contributed by atoms with E-state index >= 15 is 4.39 Å². The molecule has 2 atom stereocenters. The van der Waals surface area contributed by atoms with Crippen molar-refractivity contribution in [1.82, 2.24) is 9.88 Å². The molecular formula is C28H40FN3O4. The van der Waals surface area contributed by atoms with Crippen molar-refractivity contribution < 1.29 is 23.8 Å². The van der Waals surface area contributed by atoms with Crippen molar-refractivity contribution >= 4 is 11.8 Å². The van der Waals surface area contributed by atoms with Crippen molar-refractivity contribution in [3.63, 3.8) is 0 Å². The molecule has 36 heavy (non-hydrogen) atoms. The molecule has 0 amide bonds. The largest absolute Gasteiger partial charge is 0.496 e. The third kappa shape index (κ3) is 8.75. The maximum atomic E-state index is 15.7. The number of carboxylic acid groups (broad SMARTS) is 1. The van der Waals surface area contributed by atoms with Crippen LogP contribution < -0.4 is 5.32 Å². The molecule has 3 heterocycles. The second kappa shape index (κ2) is 13.6. The predicted octanol–water partition coefficient (Wildman–Crippen LogP) is 4.56. The van der Waals surface area contributed by atoms with E-state index in [1.165, 1.54) is 5.56 Å². The minimum atomic E-state index is -1.30. The van der Waals surface area contributed by atoms with Gasteiger partial charge in [-0.15, -0.1) is 0 Å². The van der Waals surface area contributed by atoms with Crippen LogP contribution >= 0.6 is 0 Å². The van der Waals surface area contributed by atoms with E-state index < -0.39 is 11.6 Å². The lowest BCUT2D eigenvalue weighted by molar-refractivity contribution is -0.137. The summed E-state index contributed by atoms with van der Waals surface area (Å²) in [5.74, 6) is 0.491. The molecule has 2 N–H and O–H groups in total. The van der Waals surface area contributed by atoms with Crippen molar-refractivity contribution in [2.75, 3.05) is 51.8 Å². The zero-order valence-electron chi connectivity index (χ0n) is 21.6. The molecule has 7 nitrogen and oxygen atoms in total. The van der Waals surface area contributed by atoms with Gasteiger partial charge in [0.2, 0.25) is 0 Å². The molecule has 1 fully saturated rings. The number of pyridine rings is 1. The number of ether oxygens (including phenoxy) is 2. The number of carboxylic acids is 1. The maximum Gasteiger partial charge on any atom is 0.304 e. The summed E-state index contributed by atoms with van der Waals surface area (Å²) in [7, 11) is 1.62. The molecule has 3 rings (SSSR count). The van der Waals surface area contributed by atoms with Crippen LogP contribution in [0.5, 0.6) is 0 Å². The number of likely N-dealkylation sites (tertiary alicyclic amines) is 1.